The summed E-state index contributed by atoms with van der Waals surface area (Å²) in [7, 11) is 0. The maximum absolute atomic E-state index is 11.3. The highest BCUT2D eigenvalue weighted by Crippen LogP contribution is 2.34. The molecule has 2 rings (SSSR count). The van der Waals surface area contributed by atoms with Crippen LogP contribution in [0.4, 0.5) is 5.69 Å². The summed E-state index contributed by atoms with van der Waals surface area (Å²) in [4.78, 5) is 11.3. The van der Waals surface area contributed by atoms with E-state index in [0.717, 1.165) is 0 Å². The molecular weight excluding hydrogens is 218 g/mol. The van der Waals surface area contributed by atoms with Gasteiger partial charge < -0.3 is 14.8 Å². The van der Waals surface area contributed by atoms with Crippen molar-refractivity contribution in [2.75, 3.05) is 12.1 Å². The molecule has 0 bridgehead atoms. The standard InChI is InChI=1S/C10H10ClNO3/c1-6(11)10(13)12-7-2-3-8-9(4-7)15-5-14-8/h2-4,6H,5H2,1H3,(H,12,13)/t6-/m0/s1. The maximum atomic E-state index is 11.3. The highest BCUT2D eigenvalue weighted by Gasteiger charge is 2.15. The first kappa shape index (κ1) is 10.1. The summed E-state index contributed by atoms with van der Waals surface area (Å²) in [5.41, 5.74) is 0.650. The summed E-state index contributed by atoms with van der Waals surface area (Å²) in [6, 6.07) is 5.20. The van der Waals surface area contributed by atoms with Gasteiger partial charge in [-0.3, -0.25) is 4.79 Å². The third-order valence-electron chi connectivity index (χ3n) is 2.00. The number of fused-ring (bicyclic) bond motifs is 1. The van der Waals surface area contributed by atoms with Crippen molar-refractivity contribution in [3.8, 4) is 11.5 Å². The number of hydrogen-bond acceptors (Lipinski definition) is 3. The van der Waals surface area contributed by atoms with E-state index in [4.69, 9.17) is 21.1 Å². The fourth-order valence-electron chi connectivity index (χ4n) is 1.22. The Labute approximate surface area is 92.1 Å². The number of ether oxygens (including phenoxy) is 2. The molecule has 0 aliphatic carbocycles. The SMILES string of the molecule is C[C@H](Cl)C(=O)Nc1ccc2c(c1)OCO2. The molecule has 0 saturated carbocycles. The minimum atomic E-state index is -0.560. The van der Waals surface area contributed by atoms with Crippen molar-refractivity contribution < 1.29 is 14.3 Å². The van der Waals surface area contributed by atoms with E-state index in [1.165, 1.54) is 0 Å². The van der Waals surface area contributed by atoms with E-state index in [1.54, 1.807) is 25.1 Å². The van der Waals surface area contributed by atoms with Crippen LogP contribution in [0.1, 0.15) is 6.92 Å². The molecule has 1 aromatic rings. The number of alkyl halides is 1. The van der Waals surface area contributed by atoms with Crippen LogP contribution >= 0.6 is 11.6 Å². The Morgan fingerprint density at radius 3 is 2.93 bits per heavy atom. The topological polar surface area (TPSA) is 47.6 Å². The van der Waals surface area contributed by atoms with Crippen molar-refractivity contribution in [1.29, 1.82) is 0 Å². The first-order chi connectivity index (χ1) is 7.16. The quantitative estimate of drug-likeness (QED) is 0.786. The number of carbonyl (C=O) groups excluding carboxylic acids is 1. The molecular formula is C10H10ClNO3. The smallest absolute Gasteiger partial charge is 0.242 e. The first-order valence-corrected chi connectivity index (χ1v) is 4.95. The molecule has 1 aromatic carbocycles. The van der Waals surface area contributed by atoms with Gasteiger partial charge in [0, 0.05) is 11.8 Å². The molecule has 1 aliphatic rings. The Balaban J connectivity index is 2.13. The van der Waals surface area contributed by atoms with E-state index in [9.17, 15) is 4.79 Å². The van der Waals surface area contributed by atoms with Crippen LogP contribution in [0.15, 0.2) is 18.2 Å². The molecule has 0 saturated heterocycles. The van der Waals surface area contributed by atoms with Gasteiger partial charge in [-0.2, -0.15) is 0 Å². The zero-order valence-electron chi connectivity index (χ0n) is 8.12. The largest absolute Gasteiger partial charge is 0.454 e. The van der Waals surface area contributed by atoms with Crippen LogP contribution in [-0.2, 0) is 4.79 Å². The molecule has 1 aliphatic heterocycles. The maximum Gasteiger partial charge on any atom is 0.242 e. The second kappa shape index (κ2) is 3.98. The molecule has 0 radical (unpaired) electrons. The molecule has 0 spiro atoms. The third kappa shape index (κ3) is 2.15. The normalized spacial score (nSPS) is 14.8. The minimum absolute atomic E-state index is 0.221. The lowest BCUT2D eigenvalue weighted by Crippen LogP contribution is -2.20. The zero-order valence-corrected chi connectivity index (χ0v) is 8.88. The second-order valence-electron chi connectivity index (χ2n) is 3.17. The van der Waals surface area contributed by atoms with Gasteiger partial charge in [-0.25, -0.2) is 0 Å². The average molecular weight is 228 g/mol. The van der Waals surface area contributed by atoms with Gasteiger partial charge in [0.2, 0.25) is 12.7 Å². The van der Waals surface area contributed by atoms with Crippen molar-refractivity contribution in [2.45, 2.75) is 12.3 Å². The van der Waals surface area contributed by atoms with Crippen molar-refractivity contribution in [3.63, 3.8) is 0 Å². The summed E-state index contributed by atoms with van der Waals surface area (Å²) in [5.74, 6) is 1.08. The molecule has 1 amide bonds. The summed E-state index contributed by atoms with van der Waals surface area (Å²) >= 11 is 5.63. The number of halogens is 1. The lowest BCUT2D eigenvalue weighted by molar-refractivity contribution is -0.115. The highest BCUT2D eigenvalue weighted by molar-refractivity contribution is 6.32. The molecule has 15 heavy (non-hydrogen) atoms. The molecule has 1 N–H and O–H groups in total. The number of nitrogens with one attached hydrogen (secondary N) is 1. The average Bonchev–Trinajstić information content (AvgIpc) is 2.64. The van der Waals surface area contributed by atoms with Gasteiger partial charge in [0.05, 0.1) is 0 Å². The number of hydrogen-bond donors (Lipinski definition) is 1. The summed E-state index contributed by atoms with van der Waals surface area (Å²) in [5, 5.41) is 2.10. The van der Waals surface area contributed by atoms with E-state index in [1.807, 2.05) is 0 Å². The minimum Gasteiger partial charge on any atom is -0.454 e. The Morgan fingerprint density at radius 2 is 2.20 bits per heavy atom. The zero-order chi connectivity index (χ0) is 10.8. The van der Waals surface area contributed by atoms with E-state index < -0.39 is 5.38 Å². The molecule has 1 heterocycles. The van der Waals surface area contributed by atoms with Gasteiger partial charge in [0.25, 0.3) is 0 Å². The van der Waals surface area contributed by atoms with Gasteiger partial charge in [0.1, 0.15) is 5.38 Å². The van der Waals surface area contributed by atoms with Gasteiger partial charge in [-0.1, -0.05) is 0 Å². The molecule has 4 nitrogen and oxygen atoms in total. The van der Waals surface area contributed by atoms with Crippen LogP contribution in [0.2, 0.25) is 0 Å². The third-order valence-corrected chi connectivity index (χ3v) is 2.20. The predicted molar refractivity (Wildman–Crippen MR) is 56.5 cm³/mol. The molecule has 0 unspecified atom stereocenters. The monoisotopic (exact) mass is 227 g/mol. The molecule has 0 aromatic heterocycles. The van der Waals surface area contributed by atoms with Crippen molar-refractivity contribution in [2.24, 2.45) is 0 Å². The van der Waals surface area contributed by atoms with E-state index in [2.05, 4.69) is 5.32 Å². The number of rotatable bonds is 2. The van der Waals surface area contributed by atoms with Crippen LogP contribution < -0.4 is 14.8 Å². The van der Waals surface area contributed by atoms with Crippen LogP contribution in [0, 0.1) is 0 Å². The Kier molecular flexibility index (Phi) is 2.68. The van der Waals surface area contributed by atoms with E-state index in [-0.39, 0.29) is 12.7 Å². The number of anilines is 1. The number of carbonyl (C=O) groups is 1. The van der Waals surface area contributed by atoms with Gasteiger partial charge in [-0.05, 0) is 19.1 Å². The first-order valence-electron chi connectivity index (χ1n) is 4.51. The van der Waals surface area contributed by atoms with Crippen molar-refractivity contribution in [3.05, 3.63) is 18.2 Å². The molecule has 5 heteroatoms. The Bertz CT molecular complexity index is 392. The van der Waals surface area contributed by atoms with E-state index in [0.29, 0.717) is 17.2 Å². The molecule has 1 atom stereocenters. The van der Waals surface area contributed by atoms with Crippen LogP contribution in [0.3, 0.4) is 0 Å². The van der Waals surface area contributed by atoms with Gasteiger partial charge in [-0.15, -0.1) is 11.6 Å². The highest BCUT2D eigenvalue weighted by atomic mass is 35.5. The van der Waals surface area contributed by atoms with Gasteiger partial charge >= 0.3 is 0 Å². The lowest BCUT2D eigenvalue weighted by atomic mass is 10.2. The number of benzene rings is 1. The van der Waals surface area contributed by atoms with Crippen LogP contribution in [0.5, 0.6) is 11.5 Å². The predicted octanol–water partition coefficient (Wildman–Crippen LogP) is 1.98. The van der Waals surface area contributed by atoms with Crippen molar-refractivity contribution >= 4 is 23.2 Å². The van der Waals surface area contributed by atoms with Crippen LogP contribution in [-0.4, -0.2) is 18.1 Å². The van der Waals surface area contributed by atoms with Crippen LogP contribution in [0.25, 0.3) is 0 Å². The van der Waals surface area contributed by atoms with Crippen molar-refractivity contribution in [1.82, 2.24) is 0 Å². The fourth-order valence-corrected chi connectivity index (χ4v) is 1.27. The lowest BCUT2D eigenvalue weighted by Gasteiger charge is -2.06. The fraction of sp³-hybridized carbons (Fsp3) is 0.300. The molecule has 0 fully saturated rings. The summed E-state index contributed by atoms with van der Waals surface area (Å²) in [6.07, 6.45) is 0. The van der Waals surface area contributed by atoms with Gasteiger partial charge in [0.15, 0.2) is 11.5 Å². The molecule has 80 valence electrons. The summed E-state index contributed by atoms with van der Waals surface area (Å²) < 4.78 is 10.3. The van der Waals surface area contributed by atoms with E-state index >= 15 is 0 Å². The second-order valence-corrected chi connectivity index (χ2v) is 3.83. The Hall–Kier alpha value is -1.42. The Morgan fingerprint density at radius 1 is 1.47 bits per heavy atom. The summed E-state index contributed by atoms with van der Waals surface area (Å²) in [6.45, 7) is 1.84. The number of amides is 1.